The number of allylic oxidation sites excluding steroid dienone is 3. The Bertz CT molecular complexity index is 1260. The molecule has 0 aromatic heterocycles. The minimum atomic E-state index is -0.605. The van der Waals surface area contributed by atoms with E-state index in [2.05, 4.69) is 10.2 Å². The number of likely N-dealkylation sites (N-methyl/N-ethyl adjacent to an activating group) is 1. The molecule has 188 valence electrons. The quantitative estimate of drug-likeness (QED) is 0.615. The number of ether oxygens (including phenoxy) is 2. The predicted octanol–water partition coefficient (Wildman–Crippen LogP) is 4.01. The molecule has 0 spiro atoms. The summed E-state index contributed by atoms with van der Waals surface area (Å²) in [6.45, 7) is 3.42. The van der Waals surface area contributed by atoms with Gasteiger partial charge in [0, 0.05) is 48.3 Å². The van der Waals surface area contributed by atoms with E-state index in [-0.39, 0.29) is 23.6 Å². The third-order valence-electron chi connectivity index (χ3n) is 7.45. The van der Waals surface area contributed by atoms with E-state index in [4.69, 9.17) is 9.47 Å². The number of rotatable bonds is 5. The maximum atomic E-state index is 13.8. The van der Waals surface area contributed by atoms with Crippen molar-refractivity contribution in [1.29, 1.82) is 0 Å². The Balaban J connectivity index is 1.54. The summed E-state index contributed by atoms with van der Waals surface area (Å²) in [5.41, 5.74) is 4.18. The van der Waals surface area contributed by atoms with Crippen LogP contribution in [-0.4, -0.2) is 55.1 Å². The molecule has 0 amide bonds. The fourth-order valence-electron chi connectivity index (χ4n) is 5.78. The van der Waals surface area contributed by atoms with Crippen LogP contribution in [0.5, 0.6) is 11.5 Å². The van der Waals surface area contributed by atoms with E-state index in [1.54, 1.807) is 25.3 Å². The van der Waals surface area contributed by atoms with E-state index in [9.17, 15) is 14.7 Å². The Kier molecular flexibility index (Phi) is 6.58. The number of aromatic hydroxyl groups is 1. The zero-order valence-corrected chi connectivity index (χ0v) is 20.9. The summed E-state index contributed by atoms with van der Waals surface area (Å²) in [5, 5.41) is 13.6. The van der Waals surface area contributed by atoms with E-state index in [1.165, 1.54) is 0 Å². The number of phenols is 1. The number of Topliss-reactive ketones (excluding diaryl/α,β-unsaturated/α-hetero) is 1. The first-order valence-corrected chi connectivity index (χ1v) is 12.4. The fourth-order valence-corrected chi connectivity index (χ4v) is 5.78. The second-order valence-electron chi connectivity index (χ2n) is 9.93. The van der Waals surface area contributed by atoms with Crippen molar-refractivity contribution in [2.24, 2.45) is 0 Å². The topological polar surface area (TPSA) is 88.1 Å². The van der Waals surface area contributed by atoms with Crippen molar-refractivity contribution in [3.05, 3.63) is 82.2 Å². The van der Waals surface area contributed by atoms with Crippen molar-refractivity contribution in [3.8, 4) is 11.5 Å². The number of carbonyl (C=O) groups excluding carboxylic acids is 2. The first kappa shape index (κ1) is 24.1. The van der Waals surface area contributed by atoms with Crippen molar-refractivity contribution in [2.75, 3.05) is 27.2 Å². The lowest BCUT2D eigenvalue weighted by Crippen LogP contribution is -2.37. The number of likely N-dealkylation sites (tertiary alicyclic amines) is 1. The molecule has 3 unspecified atom stereocenters. The van der Waals surface area contributed by atoms with Crippen LogP contribution in [0.3, 0.4) is 0 Å². The van der Waals surface area contributed by atoms with Crippen LogP contribution in [0.15, 0.2) is 71.1 Å². The largest absolute Gasteiger partial charge is 0.508 e. The fraction of sp³-hybridized carbons (Fsp3) is 0.379. The molecule has 1 fully saturated rings. The highest BCUT2D eigenvalue weighted by atomic mass is 16.5. The second-order valence-corrected chi connectivity index (χ2v) is 9.93. The molecule has 1 aliphatic carbocycles. The van der Waals surface area contributed by atoms with Crippen molar-refractivity contribution in [3.63, 3.8) is 0 Å². The van der Waals surface area contributed by atoms with E-state index >= 15 is 0 Å². The second kappa shape index (κ2) is 9.82. The van der Waals surface area contributed by atoms with Crippen LogP contribution < -0.4 is 10.1 Å². The van der Waals surface area contributed by atoms with Crippen LogP contribution in [0.2, 0.25) is 0 Å². The van der Waals surface area contributed by atoms with Crippen LogP contribution >= 0.6 is 0 Å². The SMILES string of the molecule is COc1ccccc1C1CC(=O)C2=C(C1)NC(C)=C(C(=O)OC1CCN(C)C1)C2c1cccc(O)c1. The van der Waals surface area contributed by atoms with Crippen molar-refractivity contribution in [1.82, 2.24) is 10.2 Å². The highest BCUT2D eigenvalue weighted by Crippen LogP contribution is 2.47. The Morgan fingerprint density at radius 2 is 1.94 bits per heavy atom. The summed E-state index contributed by atoms with van der Waals surface area (Å²) < 4.78 is 11.5. The van der Waals surface area contributed by atoms with E-state index < -0.39 is 11.9 Å². The summed E-state index contributed by atoms with van der Waals surface area (Å²) in [5.74, 6) is -0.235. The van der Waals surface area contributed by atoms with Gasteiger partial charge in [-0.25, -0.2) is 4.79 Å². The average Bonchev–Trinajstić information content (AvgIpc) is 3.27. The number of dihydropyridines is 1. The zero-order chi connectivity index (χ0) is 25.4. The number of nitrogens with zero attached hydrogens (tertiary/aromatic N) is 1. The normalized spacial score (nSPS) is 24.4. The molecular formula is C29H32N2O5. The Labute approximate surface area is 211 Å². The monoisotopic (exact) mass is 488 g/mol. The van der Waals surface area contributed by atoms with Gasteiger partial charge in [0.15, 0.2) is 5.78 Å². The Morgan fingerprint density at radius 3 is 2.67 bits per heavy atom. The summed E-state index contributed by atoms with van der Waals surface area (Å²) >= 11 is 0. The molecule has 7 nitrogen and oxygen atoms in total. The summed E-state index contributed by atoms with van der Waals surface area (Å²) in [7, 11) is 3.64. The van der Waals surface area contributed by atoms with Crippen molar-refractivity contribution < 1.29 is 24.2 Å². The number of carbonyl (C=O) groups is 2. The molecule has 0 bridgehead atoms. The van der Waals surface area contributed by atoms with Crippen LogP contribution in [0, 0.1) is 0 Å². The van der Waals surface area contributed by atoms with Gasteiger partial charge in [-0.15, -0.1) is 0 Å². The lowest BCUT2D eigenvalue weighted by molar-refractivity contribution is -0.144. The third-order valence-corrected chi connectivity index (χ3v) is 7.45. The summed E-state index contributed by atoms with van der Waals surface area (Å²) in [4.78, 5) is 29.4. The molecule has 2 aromatic rings. The molecule has 2 heterocycles. The molecule has 2 aromatic carbocycles. The first-order valence-electron chi connectivity index (χ1n) is 12.4. The molecule has 7 heteroatoms. The number of esters is 1. The first-order chi connectivity index (χ1) is 17.4. The molecule has 1 saturated heterocycles. The van der Waals surface area contributed by atoms with Crippen molar-refractivity contribution >= 4 is 11.8 Å². The molecule has 5 rings (SSSR count). The highest BCUT2D eigenvalue weighted by Gasteiger charge is 2.42. The summed E-state index contributed by atoms with van der Waals surface area (Å²) in [6, 6.07) is 14.6. The molecular weight excluding hydrogens is 456 g/mol. The van der Waals surface area contributed by atoms with Crippen LogP contribution in [-0.2, 0) is 14.3 Å². The predicted molar refractivity (Wildman–Crippen MR) is 136 cm³/mol. The van der Waals surface area contributed by atoms with Gasteiger partial charge in [-0.3, -0.25) is 4.79 Å². The molecule has 2 aliphatic heterocycles. The number of hydrogen-bond acceptors (Lipinski definition) is 7. The van der Waals surface area contributed by atoms with E-state index in [1.807, 2.05) is 44.3 Å². The number of benzene rings is 2. The van der Waals surface area contributed by atoms with Gasteiger partial charge in [0.05, 0.1) is 12.7 Å². The summed E-state index contributed by atoms with van der Waals surface area (Å²) in [6.07, 6.45) is 1.53. The van der Waals surface area contributed by atoms with Gasteiger partial charge in [0.25, 0.3) is 0 Å². The van der Waals surface area contributed by atoms with E-state index in [0.29, 0.717) is 41.8 Å². The number of ketones is 1. The van der Waals surface area contributed by atoms with Crippen LogP contribution in [0.1, 0.15) is 49.1 Å². The zero-order valence-electron chi connectivity index (χ0n) is 20.9. The van der Waals surface area contributed by atoms with E-state index in [0.717, 1.165) is 30.0 Å². The molecule has 0 saturated carbocycles. The van der Waals surface area contributed by atoms with Gasteiger partial charge >= 0.3 is 5.97 Å². The maximum absolute atomic E-state index is 13.8. The van der Waals surface area contributed by atoms with Crippen LogP contribution in [0.25, 0.3) is 0 Å². The number of methoxy groups -OCH3 is 1. The number of para-hydroxylation sites is 1. The maximum Gasteiger partial charge on any atom is 0.337 e. The molecule has 2 N–H and O–H groups in total. The molecule has 3 aliphatic rings. The highest BCUT2D eigenvalue weighted by molar-refractivity contribution is 6.04. The lowest BCUT2D eigenvalue weighted by atomic mass is 9.71. The van der Waals surface area contributed by atoms with Crippen molar-refractivity contribution in [2.45, 2.75) is 44.1 Å². The van der Waals surface area contributed by atoms with Gasteiger partial charge < -0.3 is 24.8 Å². The Morgan fingerprint density at radius 1 is 1.14 bits per heavy atom. The minimum absolute atomic E-state index is 0.0219. The number of hydrogen-bond donors (Lipinski definition) is 2. The van der Waals surface area contributed by atoms with Crippen LogP contribution in [0.4, 0.5) is 0 Å². The van der Waals surface area contributed by atoms with Gasteiger partial charge in [-0.2, -0.15) is 0 Å². The van der Waals surface area contributed by atoms with Gasteiger partial charge in [-0.1, -0.05) is 30.3 Å². The smallest absolute Gasteiger partial charge is 0.337 e. The molecule has 36 heavy (non-hydrogen) atoms. The third kappa shape index (κ3) is 4.51. The lowest BCUT2D eigenvalue weighted by Gasteiger charge is -2.37. The average molecular weight is 489 g/mol. The molecule has 3 atom stereocenters. The van der Waals surface area contributed by atoms with Gasteiger partial charge in [0.2, 0.25) is 0 Å². The Hall–Kier alpha value is -3.58. The van der Waals surface area contributed by atoms with Gasteiger partial charge in [-0.05, 0) is 56.1 Å². The minimum Gasteiger partial charge on any atom is -0.508 e. The number of phenolic OH excluding ortho intramolecular Hbond substituents is 1. The van der Waals surface area contributed by atoms with Gasteiger partial charge in [0.1, 0.15) is 17.6 Å². The molecule has 0 radical (unpaired) electrons. The number of nitrogens with one attached hydrogen (secondary N) is 1. The standard InChI is InChI=1S/C29H32N2O5/c1-17-26(29(34)36-21-11-12-31(2)16-21)27(18-7-6-8-20(32)13-18)28-23(30-17)14-19(15-24(28)33)22-9-4-5-10-25(22)35-3/h4-10,13,19,21,27,30,32H,11-12,14-16H2,1-3H3.